The standard InChI is InChI=1S/C12H22O2/c1-5-6-7-8-9-10-11(13)14-12(2,3)4/h7-8H,5-6,9-10H2,1-4H3/b8-7+. The Kier molecular flexibility index (Phi) is 6.26. The number of ether oxygens (including phenoxy) is 1. The highest BCUT2D eigenvalue weighted by molar-refractivity contribution is 5.69. The minimum Gasteiger partial charge on any atom is -0.460 e. The van der Waals surface area contributed by atoms with E-state index in [0.717, 1.165) is 19.3 Å². The maximum absolute atomic E-state index is 11.2. The first-order valence-corrected chi connectivity index (χ1v) is 5.32. The van der Waals surface area contributed by atoms with Gasteiger partial charge >= 0.3 is 5.97 Å². The fourth-order valence-corrected chi connectivity index (χ4v) is 0.996. The van der Waals surface area contributed by atoms with Crippen molar-refractivity contribution in [1.29, 1.82) is 0 Å². The van der Waals surface area contributed by atoms with Crippen molar-refractivity contribution in [3.05, 3.63) is 12.2 Å². The third-order valence-electron chi connectivity index (χ3n) is 1.56. The molecule has 0 aromatic carbocycles. The van der Waals surface area contributed by atoms with Gasteiger partial charge < -0.3 is 4.74 Å². The van der Waals surface area contributed by atoms with Crippen molar-refractivity contribution in [2.45, 2.75) is 59.0 Å². The number of unbranched alkanes of at least 4 members (excludes halogenated alkanes) is 1. The maximum atomic E-state index is 11.2. The maximum Gasteiger partial charge on any atom is 0.306 e. The first kappa shape index (κ1) is 13.2. The van der Waals surface area contributed by atoms with Crippen LogP contribution < -0.4 is 0 Å². The second-order valence-electron chi connectivity index (χ2n) is 4.39. The Morgan fingerprint density at radius 3 is 2.29 bits per heavy atom. The smallest absolute Gasteiger partial charge is 0.306 e. The van der Waals surface area contributed by atoms with Gasteiger partial charge in [-0.15, -0.1) is 0 Å². The van der Waals surface area contributed by atoms with E-state index < -0.39 is 0 Å². The zero-order chi connectivity index (χ0) is 11.0. The van der Waals surface area contributed by atoms with Crippen LogP contribution in [0, 0.1) is 0 Å². The molecule has 0 aliphatic carbocycles. The number of carbonyl (C=O) groups excluding carboxylic acids is 1. The molecule has 2 nitrogen and oxygen atoms in total. The normalized spacial score (nSPS) is 12.0. The van der Waals surface area contributed by atoms with Crippen molar-refractivity contribution in [3.63, 3.8) is 0 Å². The van der Waals surface area contributed by atoms with Gasteiger partial charge in [-0.3, -0.25) is 4.79 Å². The second-order valence-corrected chi connectivity index (χ2v) is 4.39. The number of hydrogen-bond acceptors (Lipinski definition) is 2. The number of rotatable bonds is 5. The molecule has 0 heterocycles. The monoisotopic (exact) mass is 198 g/mol. The first-order valence-electron chi connectivity index (χ1n) is 5.32. The van der Waals surface area contributed by atoms with Crippen LogP contribution in [0.5, 0.6) is 0 Å². The summed E-state index contributed by atoms with van der Waals surface area (Å²) < 4.78 is 5.17. The van der Waals surface area contributed by atoms with Gasteiger partial charge in [0.2, 0.25) is 0 Å². The van der Waals surface area contributed by atoms with Crippen LogP contribution in [0.1, 0.15) is 53.4 Å². The molecule has 82 valence electrons. The summed E-state index contributed by atoms with van der Waals surface area (Å²) >= 11 is 0. The van der Waals surface area contributed by atoms with Gasteiger partial charge in [-0.25, -0.2) is 0 Å². The molecule has 0 radical (unpaired) electrons. The molecule has 0 unspecified atom stereocenters. The summed E-state index contributed by atoms with van der Waals surface area (Å²) in [6.07, 6.45) is 7.68. The van der Waals surface area contributed by atoms with Gasteiger partial charge in [0.1, 0.15) is 5.60 Å². The van der Waals surface area contributed by atoms with Crippen molar-refractivity contribution in [1.82, 2.24) is 0 Å². The van der Waals surface area contributed by atoms with E-state index in [2.05, 4.69) is 13.0 Å². The summed E-state index contributed by atoms with van der Waals surface area (Å²) in [6.45, 7) is 7.80. The lowest BCUT2D eigenvalue weighted by Gasteiger charge is -2.19. The van der Waals surface area contributed by atoms with E-state index in [1.54, 1.807) is 0 Å². The van der Waals surface area contributed by atoms with Crippen molar-refractivity contribution < 1.29 is 9.53 Å². The molecular formula is C12H22O2. The van der Waals surface area contributed by atoms with E-state index in [4.69, 9.17) is 4.74 Å². The summed E-state index contributed by atoms with van der Waals surface area (Å²) in [4.78, 5) is 11.2. The van der Waals surface area contributed by atoms with Gasteiger partial charge in [-0.1, -0.05) is 25.5 Å². The van der Waals surface area contributed by atoms with E-state index in [1.165, 1.54) is 0 Å². The topological polar surface area (TPSA) is 26.3 Å². The lowest BCUT2D eigenvalue weighted by Crippen LogP contribution is -2.23. The van der Waals surface area contributed by atoms with Gasteiger partial charge in [0.05, 0.1) is 0 Å². The second kappa shape index (κ2) is 6.63. The molecule has 0 saturated heterocycles. The highest BCUT2D eigenvalue weighted by Crippen LogP contribution is 2.09. The summed E-state index contributed by atoms with van der Waals surface area (Å²) in [6, 6.07) is 0. The fourth-order valence-electron chi connectivity index (χ4n) is 0.996. The molecule has 0 bridgehead atoms. The van der Waals surface area contributed by atoms with Gasteiger partial charge in [0.25, 0.3) is 0 Å². The molecule has 0 aliphatic rings. The van der Waals surface area contributed by atoms with E-state index in [0.29, 0.717) is 6.42 Å². The lowest BCUT2D eigenvalue weighted by atomic mass is 10.2. The molecule has 0 atom stereocenters. The predicted molar refractivity (Wildman–Crippen MR) is 59.1 cm³/mol. The molecule has 0 aromatic rings. The van der Waals surface area contributed by atoms with E-state index in [9.17, 15) is 4.79 Å². The third-order valence-corrected chi connectivity index (χ3v) is 1.56. The van der Waals surface area contributed by atoms with Gasteiger partial charge in [0.15, 0.2) is 0 Å². The molecular weight excluding hydrogens is 176 g/mol. The average molecular weight is 198 g/mol. The lowest BCUT2D eigenvalue weighted by molar-refractivity contribution is -0.154. The van der Waals surface area contributed by atoms with Crippen molar-refractivity contribution >= 4 is 5.97 Å². The molecule has 0 rings (SSSR count). The van der Waals surface area contributed by atoms with E-state index >= 15 is 0 Å². The Hall–Kier alpha value is -0.790. The fraction of sp³-hybridized carbons (Fsp3) is 0.750. The van der Waals surface area contributed by atoms with Crippen molar-refractivity contribution in [3.8, 4) is 0 Å². The number of esters is 1. The summed E-state index contributed by atoms with van der Waals surface area (Å²) in [5.41, 5.74) is -0.357. The van der Waals surface area contributed by atoms with Crippen LogP contribution in [0.15, 0.2) is 12.2 Å². The summed E-state index contributed by atoms with van der Waals surface area (Å²) in [7, 11) is 0. The van der Waals surface area contributed by atoms with Crippen LogP contribution in [0.2, 0.25) is 0 Å². The third kappa shape index (κ3) is 9.30. The molecule has 14 heavy (non-hydrogen) atoms. The summed E-state index contributed by atoms with van der Waals surface area (Å²) in [5, 5.41) is 0. The Bertz CT molecular complexity index is 187. The van der Waals surface area contributed by atoms with Crippen molar-refractivity contribution in [2.75, 3.05) is 0 Å². The minimum absolute atomic E-state index is 0.112. The molecule has 0 spiro atoms. The zero-order valence-electron chi connectivity index (χ0n) is 9.80. The Morgan fingerprint density at radius 1 is 1.21 bits per heavy atom. The van der Waals surface area contributed by atoms with E-state index in [1.807, 2.05) is 26.8 Å². The molecule has 0 amide bonds. The summed E-state index contributed by atoms with van der Waals surface area (Å²) in [5.74, 6) is -0.112. The van der Waals surface area contributed by atoms with Crippen LogP contribution in [0.25, 0.3) is 0 Å². The van der Waals surface area contributed by atoms with E-state index in [-0.39, 0.29) is 11.6 Å². The number of hydrogen-bond donors (Lipinski definition) is 0. The molecule has 0 aliphatic heterocycles. The zero-order valence-corrected chi connectivity index (χ0v) is 9.80. The van der Waals surface area contributed by atoms with Crippen LogP contribution in [0.4, 0.5) is 0 Å². The van der Waals surface area contributed by atoms with Crippen LogP contribution >= 0.6 is 0 Å². The van der Waals surface area contributed by atoms with Crippen LogP contribution in [-0.2, 0) is 9.53 Å². The van der Waals surface area contributed by atoms with Crippen LogP contribution in [-0.4, -0.2) is 11.6 Å². The Morgan fingerprint density at radius 2 is 1.79 bits per heavy atom. The van der Waals surface area contributed by atoms with Gasteiger partial charge in [0, 0.05) is 6.42 Å². The molecule has 0 N–H and O–H groups in total. The molecule has 2 heteroatoms. The number of allylic oxidation sites excluding steroid dienone is 2. The Labute approximate surface area is 87.3 Å². The largest absolute Gasteiger partial charge is 0.460 e. The molecule has 0 fully saturated rings. The van der Waals surface area contributed by atoms with Gasteiger partial charge in [-0.2, -0.15) is 0 Å². The predicted octanol–water partition coefficient (Wildman–Crippen LogP) is 3.46. The average Bonchev–Trinajstić information content (AvgIpc) is 2.00. The SMILES string of the molecule is CCC/C=C/CCC(=O)OC(C)(C)C. The highest BCUT2D eigenvalue weighted by atomic mass is 16.6. The minimum atomic E-state index is -0.357. The molecule has 0 saturated carbocycles. The Balaban J connectivity index is 3.55. The highest BCUT2D eigenvalue weighted by Gasteiger charge is 2.14. The van der Waals surface area contributed by atoms with Crippen molar-refractivity contribution in [2.24, 2.45) is 0 Å². The molecule has 0 aromatic heterocycles. The quantitative estimate of drug-likeness (QED) is 0.499. The van der Waals surface area contributed by atoms with Gasteiger partial charge in [-0.05, 0) is 33.6 Å². The van der Waals surface area contributed by atoms with Crippen LogP contribution in [0.3, 0.4) is 0 Å². The number of carbonyl (C=O) groups is 1. The first-order chi connectivity index (χ1) is 6.45.